The molecule has 0 radical (unpaired) electrons. The summed E-state index contributed by atoms with van der Waals surface area (Å²) in [5.41, 5.74) is 7.34. The van der Waals surface area contributed by atoms with Gasteiger partial charge in [-0.15, -0.1) is 0 Å². The van der Waals surface area contributed by atoms with Gasteiger partial charge in [-0.2, -0.15) is 10.2 Å². The van der Waals surface area contributed by atoms with Crippen LogP contribution in [0, 0.1) is 0 Å². The van der Waals surface area contributed by atoms with Crippen molar-refractivity contribution in [1.29, 1.82) is 0 Å². The zero-order chi connectivity index (χ0) is 13.4. The molecular formula is C16H16N4. The van der Waals surface area contributed by atoms with E-state index in [0.717, 1.165) is 36.8 Å². The van der Waals surface area contributed by atoms with E-state index in [1.54, 1.807) is 0 Å². The van der Waals surface area contributed by atoms with Gasteiger partial charge in [0.05, 0.1) is 11.9 Å². The number of aryl methyl sites for hydroxylation is 1. The largest absolute Gasteiger partial charge is 0.325 e. The van der Waals surface area contributed by atoms with Gasteiger partial charge in [0.15, 0.2) is 0 Å². The lowest BCUT2D eigenvalue weighted by molar-refractivity contribution is 0.253. The molecule has 2 aliphatic rings. The van der Waals surface area contributed by atoms with Crippen molar-refractivity contribution in [2.75, 3.05) is 6.54 Å². The molecule has 4 heteroatoms. The molecule has 2 aromatic rings. The first-order chi connectivity index (χ1) is 9.90. The SMILES string of the molecule is C1=c2cnnc3c2=C(CC3)CN(Cc2ccccc2)N1. The summed E-state index contributed by atoms with van der Waals surface area (Å²) in [5, 5.41) is 13.1. The topological polar surface area (TPSA) is 41.1 Å². The van der Waals surface area contributed by atoms with Gasteiger partial charge >= 0.3 is 0 Å². The van der Waals surface area contributed by atoms with E-state index in [4.69, 9.17) is 0 Å². The second kappa shape index (κ2) is 4.72. The van der Waals surface area contributed by atoms with Gasteiger partial charge < -0.3 is 5.43 Å². The second-order valence-corrected chi connectivity index (χ2v) is 5.34. The van der Waals surface area contributed by atoms with Crippen molar-refractivity contribution in [3.05, 3.63) is 58.2 Å². The number of benzene rings is 1. The predicted octanol–water partition coefficient (Wildman–Crippen LogP) is 0.332. The Morgan fingerprint density at radius 1 is 1.15 bits per heavy atom. The molecule has 1 aliphatic carbocycles. The molecule has 100 valence electrons. The van der Waals surface area contributed by atoms with Crippen LogP contribution in [-0.4, -0.2) is 21.8 Å². The van der Waals surface area contributed by atoms with Crippen LogP contribution < -0.4 is 15.9 Å². The molecule has 0 bridgehead atoms. The minimum atomic E-state index is 0.894. The van der Waals surface area contributed by atoms with Crippen molar-refractivity contribution in [2.24, 2.45) is 0 Å². The van der Waals surface area contributed by atoms with Crippen LogP contribution in [-0.2, 0) is 13.0 Å². The summed E-state index contributed by atoms with van der Waals surface area (Å²) in [6.07, 6.45) is 6.03. The molecule has 1 aliphatic heterocycles. The van der Waals surface area contributed by atoms with Gasteiger partial charge in [0.25, 0.3) is 0 Å². The molecule has 4 rings (SSSR count). The minimum absolute atomic E-state index is 0.894. The summed E-state index contributed by atoms with van der Waals surface area (Å²) in [4.78, 5) is 0. The van der Waals surface area contributed by atoms with Gasteiger partial charge in [-0.3, -0.25) is 0 Å². The zero-order valence-electron chi connectivity index (χ0n) is 11.2. The fourth-order valence-electron chi connectivity index (χ4n) is 3.03. The van der Waals surface area contributed by atoms with Crippen molar-refractivity contribution < 1.29 is 0 Å². The first kappa shape index (κ1) is 11.6. The van der Waals surface area contributed by atoms with Crippen molar-refractivity contribution in [2.45, 2.75) is 19.4 Å². The molecule has 0 unspecified atom stereocenters. The van der Waals surface area contributed by atoms with Crippen LogP contribution in [0.1, 0.15) is 17.7 Å². The number of aromatic nitrogens is 2. The maximum Gasteiger partial charge on any atom is 0.0713 e. The maximum atomic E-state index is 4.27. The molecule has 0 amide bonds. The molecule has 1 aromatic heterocycles. The number of hydrogen-bond donors (Lipinski definition) is 1. The number of nitrogens with one attached hydrogen (secondary N) is 1. The monoisotopic (exact) mass is 264 g/mol. The zero-order valence-corrected chi connectivity index (χ0v) is 11.2. The standard InChI is InChI=1S/C16H16N4/c1-2-4-12(5-3-1)10-20-11-13-6-7-15-16(13)14(9-18-20)8-17-19-15/h1-5,8-9,18H,6-7,10-11H2. The van der Waals surface area contributed by atoms with Crippen LogP contribution in [0.15, 0.2) is 36.5 Å². The summed E-state index contributed by atoms with van der Waals surface area (Å²) >= 11 is 0. The number of hydrazine groups is 1. The van der Waals surface area contributed by atoms with E-state index >= 15 is 0 Å². The minimum Gasteiger partial charge on any atom is -0.325 e. The average molecular weight is 264 g/mol. The molecular weight excluding hydrogens is 248 g/mol. The third-order valence-electron chi connectivity index (χ3n) is 3.97. The van der Waals surface area contributed by atoms with E-state index in [-0.39, 0.29) is 0 Å². The first-order valence-corrected chi connectivity index (χ1v) is 6.98. The molecule has 0 fully saturated rings. The molecule has 2 heterocycles. The fourth-order valence-corrected chi connectivity index (χ4v) is 3.03. The van der Waals surface area contributed by atoms with Gasteiger partial charge in [0.2, 0.25) is 0 Å². The van der Waals surface area contributed by atoms with Gasteiger partial charge in [-0.1, -0.05) is 30.3 Å². The van der Waals surface area contributed by atoms with Gasteiger partial charge in [-0.05, 0) is 24.0 Å². The molecule has 4 nitrogen and oxygen atoms in total. The highest BCUT2D eigenvalue weighted by molar-refractivity contribution is 5.54. The highest BCUT2D eigenvalue weighted by Gasteiger charge is 2.19. The Hall–Kier alpha value is -2.20. The van der Waals surface area contributed by atoms with Crippen LogP contribution in [0.2, 0.25) is 0 Å². The highest BCUT2D eigenvalue weighted by Crippen LogP contribution is 2.14. The Balaban J connectivity index is 1.69. The lowest BCUT2D eigenvalue weighted by Gasteiger charge is -2.21. The molecule has 1 N–H and O–H groups in total. The van der Waals surface area contributed by atoms with Crippen LogP contribution in [0.4, 0.5) is 0 Å². The summed E-state index contributed by atoms with van der Waals surface area (Å²) in [6, 6.07) is 10.5. The smallest absolute Gasteiger partial charge is 0.0713 e. The molecule has 20 heavy (non-hydrogen) atoms. The average Bonchev–Trinajstić information content (AvgIpc) is 2.80. The lowest BCUT2D eigenvalue weighted by atomic mass is 10.2. The van der Waals surface area contributed by atoms with E-state index in [1.807, 2.05) is 6.20 Å². The van der Waals surface area contributed by atoms with E-state index in [2.05, 4.69) is 57.2 Å². The number of hydrogen-bond acceptors (Lipinski definition) is 4. The lowest BCUT2D eigenvalue weighted by Crippen LogP contribution is -2.34. The Morgan fingerprint density at radius 3 is 2.95 bits per heavy atom. The third-order valence-corrected chi connectivity index (χ3v) is 3.97. The number of rotatable bonds is 2. The van der Waals surface area contributed by atoms with Crippen molar-refractivity contribution in [1.82, 2.24) is 20.6 Å². The third kappa shape index (κ3) is 1.98. The van der Waals surface area contributed by atoms with E-state index in [0.29, 0.717) is 0 Å². The Kier molecular flexibility index (Phi) is 2.74. The summed E-state index contributed by atoms with van der Waals surface area (Å²) in [6.45, 7) is 1.84. The summed E-state index contributed by atoms with van der Waals surface area (Å²) < 4.78 is 0. The van der Waals surface area contributed by atoms with Crippen molar-refractivity contribution in [3.63, 3.8) is 0 Å². The number of nitrogens with zero attached hydrogens (tertiary/aromatic N) is 3. The summed E-state index contributed by atoms with van der Waals surface area (Å²) in [7, 11) is 0. The van der Waals surface area contributed by atoms with Crippen molar-refractivity contribution >= 4 is 11.8 Å². The highest BCUT2D eigenvalue weighted by atomic mass is 15.5. The summed E-state index contributed by atoms with van der Waals surface area (Å²) in [5.74, 6) is 0. The second-order valence-electron chi connectivity index (χ2n) is 5.34. The van der Waals surface area contributed by atoms with Gasteiger partial charge in [0, 0.05) is 29.7 Å². The molecule has 0 atom stereocenters. The molecule has 0 spiro atoms. The van der Waals surface area contributed by atoms with Crippen LogP contribution in [0.5, 0.6) is 0 Å². The Morgan fingerprint density at radius 2 is 2.05 bits per heavy atom. The van der Waals surface area contributed by atoms with Crippen LogP contribution >= 0.6 is 0 Å². The van der Waals surface area contributed by atoms with Crippen LogP contribution in [0.3, 0.4) is 0 Å². The van der Waals surface area contributed by atoms with Gasteiger partial charge in [-0.25, -0.2) is 5.01 Å². The predicted molar refractivity (Wildman–Crippen MR) is 77.5 cm³/mol. The fraction of sp³-hybridized carbons (Fsp3) is 0.250. The Labute approximate surface area is 117 Å². The quantitative estimate of drug-likeness (QED) is 0.849. The van der Waals surface area contributed by atoms with E-state index in [9.17, 15) is 0 Å². The van der Waals surface area contributed by atoms with Gasteiger partial charge in [0.1, 0.15) is 0 Å². The first-order valence-electron chi connectivity index (χ1n) is 6.98. The molecule has 0 saturated heterocycles. The normalized spacial score (nSPS) is 17.1. The van der Waals surface area contributed by atoms with E-state index in [1.165, 1.54) is 16.4 Å². The molecule has 1 aromatic carbocycles. The van der Waals surface area contributed by atoms with E-state index < -0.39 is 0 Å². The molecule has 0 saturated carbocycles. The Bertz CT molecular complexity index is 752. The maximum absolute atomic E-state index is 4.27. The van der Waals surface area contributed by atoms with Crippen molar-refractivity contribution in [3.8, 4) is 0 Å². The van der Waals surface area contributed by atoms with Crippen LogP contribution in [0.25, 0.3) is 11.8 Å².